The van der Waals surface area contributed by atoms with Crippen molar-refractivity contribution in [2.24, 2.45) is 0 Å². The SMILES string of the molecule is CCCCNC(=O)C(Cc1ccccc1)N(Cc1ccc(Br)cc1)C(=O)CN(c1cc(Cl)ccc1C)S(=O)(=O)c1ccccc1. The molecule has 0 fully saturated rings. The molecule has 0 heterocycles. The Morgan fingerprint density at radius 2 is 1.53 bits per heavy atom. The maximum Gasteiger partial charge on any atom is 0.264 e. The Morgan fingerprint density at radius 3 is 2.18 bits per heavy atom. The molecule has 2 amide bonds. The van der Waals surface area contributed by atoms with Crippen molar-refractivity contribution in [1.29, 1.82) is 0 Å². The number of amides is 2. The third kappa shape index (κ3) is 9.19. The van der Waals surface area contributed by atoms with Gasteiger partial charge in [0.1, 0.15) is 12.6 Å². The number of unbranched alkanes of at least 4 members (excludes halogenated alkanes) is 1. The molecule has 10 heteroatoms. The summed E-state index contributed by atoms with van der Waals surface area (Å²) in [4.78, 5) is 29.9. The van der Waals surface area contributed by atoms with Crippen LogP contribution in [0, 0.1) is 6.92 Å². The summed E-state index contributed by atoms with van der Waals surface area (Å²) in [5.74, 6) is -0.822. The van der Waals surface area contributed by atoms with Gasteiger partial charge in [0.25, 0.3) is 10.0 Å². The van der Waals surface area contributed by atoms with Gasteiger partial charge in [-0.25, -0.2) is 8.42 Å². The fourth-order valence-electron chi connectivity index (χ4n) is 4.93. The molecular weight excluding hydrogens is 674 g/mol. The van der Waals surface area contributed by atoms with Crippen LogP contribution in [0.5, 0.6) is 0 Å². The number of halogens is 2. The summed E-state index contributed by atoms with van der Waals surface area (Å²) in [5, 5.41) is 3.34. The maximum absolute atomic E-state index is 14.5. The maximum atomic E-state index is 14.5. The molecule has 7 nitrogen and oxygen atoms in total. The van der Waals surface area contributed by atoms with Gasteiger partial charge in [0.05, 0.1) is 10.6 Å². The summed E-state index contributed by atoms with van der Waals surface area (Å²) in [5.41, 5.74) is 2.59. The van der Waals surface area contributed by atoms with Crippen molar-refractivity contribution in [1.82, 2.24) is 10.2 Å². The Kier molecular flexibility index (Phi) is 12.2. The van der Waals surface area contributed by atoms with Crippen LogP contribution in [0.2, 0.25) is 5.02 Å². The van der Waals surface area contributed by atoms with Crippen molar-refractivity contribution in [2.45, 2.75) is 50.6 Å². The molecule has 0 aromatic heterocycles. The number of benzene rings is 4. The first kappa shape index (κ1) is 34.2. The normalized spacial score (nSPS) is 11.9. The zero-order valence-electron chi connectivity index (χ0n) is 25.3. The Balaban J connectivity index is 1.81. The molecule has 1 atom stereocenters. The number of rotatable bonds is 14. The average molecular weight is 711 g/mol. The highest BCUT2D eigenvalue weighted by Crippen LogP contribution is 2.30. The van der Waals surface area contributed by atoms with E-state index in [9.17, 15) is 18.0 Å². The van der Waals surface area contributed by atoms with Gasteiger partial charge < -0.3 is 10.2 Å². The van der Waals surface area contributed by atoms with Gasteiger partial charge in [0.15, 0.2) is 0 Å². The summed E-state index contributed by atoms with van der Waals surface area (Å²) in [6.45, 7) is 3.83. The summed E-state index contributed by atoms with van der Waals surface area (Å²) in [6, 6.07) is 29.0. The van der Waals surface area contributed by atoms with Crippen LogP contribution in [0.25, 0.3) is 0 Å². The molecule has 4 rings (SSSR count). The molecule has 1 unspecified atom stereocenters. The lowest BCUT2D eigenvalue weighted by atomic mass is 10.0. The monoisotopic (exact) mass is 709 g/mol. The van der Waals surface area contributed by atoms with Crippen molar-refractivity contribution in [2.75, 3.05) is 17.4 Å². The van der Waals surface area contributed by atoms with Gasteiger partial charge in [-0.2, -0.15) is 0 Å². The standard InChI is InChI=1S/C35H37BrClN3O4S/c1-3-4-21-38-35(42)33(22-27-11-7-5-8-12-27)39(24-28-16-18-29(36)19-17-28)34(41)25-40(32-23-30(37)20-15-26(32)2)45(43,44)31-13-9-6-10-14-31/h5-20,23,33H,3-4,21-22,24-25H2,1-2H3,(H,38,42). The lowest BCUT2D eigenvalue weighted by Gasteiger charge is -2.34. The topological polar surface area (TPSA) is 86.8 Å². The highest BCUT2D eigenvalue weighted by molar-refractivity contribution is 9.10. The number of hydrogen-bond donors (Lipinski definition) is 1. The fourth-order valence-corrected chi connectivity index (χ4v) is 6.85. The van der Waals surface area contributed by atoms with Gasteiger partial charge in [-0.1, -0.05) is 108 Å². The van der Waals surface area contributed by atoms with Gasteiger partial charge in [-0.05, 0) is 66.4 Å². The van der Waals surface area contributed by atoms with E-state index < -0.39 is 28.5 Å². The Bertz CT molecular complexity index is 1690. The van der Waals surface area contributed by atoms with Crippen LogP contribution in [0.15, 0.2) is 112 Å². The number of nitrogens with zero attached hydrogens (tertiary/aromatic N) is 2. The zero-order valence-corrected chi connectivity index (χ0v) is 28.5. The van der Waals surface area contributed by atoms with Gasteiger partial charge >= 0.3 is 0 Å². The molecule has 0 radical (unpaired) electrons. The van der Waals surface area contributed by atoms with Crippen molar-refractivity contribution < 1.29 is 18.0 Å². The first-order chi connectivity index (χ1) is 21.6. The molecular formula is C35H37BrClN3O4S. The summed E-state index contributed by atoms with van der Waals surface area (Å²) in [6.07, 6.45) is 1.95. The van der Waals surface area contributed by atoms with Crippen molar-refractivity contribution in [3.63, 3.8) is 0 Å². The second-order valence-electron chi connectivity index (χ2n) is 10.8. The van der Waals surface area contributed by atoms with E-state index in [1.807, 2.05) is 61.5 Å². The van der Waals surface area contributed by atoms with E-state index in [0.29, 0.717) is 17.1 Å². The largest absolute Gasteiger partial charge is 0.354 e. The lowest BCUT2D eigenvalue weighted by molar-refractivity contribution is -0.140. The lowest BCUT2D eigenvalue weighted by Crippen LogP contribution is -2.53. The van der Waals surface area contributed by atoms with E-state index >= 15 is 0 Å². The molecule has 4 aromatic rings. The zero-order chi connectivity index (χ0) is 32.4. The summed E-state index contributed by atoms with van der Waals surface area (Å²) in [7, 11) is -4.20. The second-order valence-corrected chi connectivity index (χ2v) is 14.0. The molecule has 0 aliphatic heterocycles. The number of hydrogen-bond acceptors (Lipinski definition) is 4. The van der Waals surface area contributed by atoms with E-state index in [4.69, 9.17) is 11.6 Å². The van der Waals surface area contributed by atoms with E-state index in [1.54, 1.807) is 43.3 Å². The van der Waals surface area contributed by atoms with Crippen molar-refractivity contribution >= 4 is 55.1 Å². The van der Waals surface area contributed by atoms with Crippen LogP contribution in [0.4, 0.5) is 5.69 Å². The number of carbonyl (C=O) groups excluding carboxylic acids is 2. The minimum atomic E-state index is -4.20. The first-order valence-corrected chi connectivity index (χ1v) is 17.4. The summed E-state index contributed by atoms with van der Waals surface area (Å²) < 4.78 is 30.3. The quantitative estimate of drug-likeness (QED) is 0.141. The number of aryl methyl sites for hydroxylation is 1. The molecule has 4 aromatic carbocycles. The summed E-state index contributed by atoms with van der Waals surface area (Å²) >= 11 is 9.80. The Labute approximate surface area is 279 Å². The van der Waals surface area contributed by atoms with E-state index in [-0.39, 0.29) is 29.5 Å². The predicted molar refractivity (Wildman–Crippen MR) is 184 cm³/mol. The van der Waals surface area contributed by atoms with Crippen molar-refractivity contribution in [3.05, 3.63) is 129 Å². The second kappa shape index (κ2) is 16.1. The molecule has 0 bridgehead atoms. The third-order valence-electron chi connectivity index (χ3n) is 7.42. The van der Waals surface area contributed by atoms with Gasteiger partial charge in [0, 0.05) is 29.0 Å². The number of anilines is 1. The van der Waals surface area contributed by atoms with Gasteiger partial charge in [-0.3, -0.25) is 13.9 Å². The van der Waals surface area contributed by atoms with E-state index in [1.165, 1.54) is 17.0 Å². The predicted octanol–water partition coefficient (Wildman–Crippen LogP) is 7.16. The van der Waals surface area contributed by atoms with Crippen LogP contribution >= 0.6 is 27.5 Å². The number of nitrogens with one attached hydrogen (secondary N) is 1. The van der Waals surface area contributed by atoms with Crippen LogP contribution in [0.3, 0.4) is 0 Å². The Hall–Kier alpha value is -3.66. The number of carbonyl (C=O) groups is 2. The van der Waals surface area contributed by atoms with E-state index in [0.717, 1.165) is 32.7 Å². The minimum absolute atomic E-state index is 0.0368. The van der Waals surface area contributed by atoms with Crippen LogP contribution in [-0.4, -0.2) is 44.3 Å². The van der Waals surface area contributed by atoms with Crippen LogP contribution in [-0.2, 0) is 32.6 Å². The first-order valence-electron chi connectivity index (χ1n) is 14.8. The highest BCUT2D eigenvalue weighted by Gasteiger charge is 2.35. The molecule has 0 aliphatic rings. The minimum Gasteiger partial charge on any atom is -0.354 e. The molecule has 0 saturated heterocycles. The smallest absolute Gasteiger partial charge is 0.264 e. The molecule has 0 saturated carbocycles. The highest BCUT2D eigenvalue weighted by atomic mass is 79.9. The van der Waals surface area contributed by atoms with Crippen LogP contribution in [0.1, 0.15) is 36.5 Å². The fraction of sp³-hybridized carbons (Fsp3) is 0.257. The molecule has 45 heavy (non-hydrogen) atoms. The van der Waals surface area contributed by atoms with Crippen LogP contribution < -0.4 is 9.62 Å². The Morgan fingerprint density at radius 1 is 0.889 bits per heavy atom. The van der Waals surface area contributed by atoms with E-state index in [2.05, 4.69) is 21.2 Å². The number of sulfonamides is 1. The molecule has 1 N–H and O–H groups in total. The average Bonchev–Trinajstić information content (AvgIpc) is 3.04. The molecule has 0 aliphatic carbocycles. The van der Waals surface area contributed by atoms with Gasteiger partial charge in [-0.15, -0.1) is 0 Å². The van der Waals surface area contributed by atoms with Crippen molar-refractivity contribution in [3.8, 4) is 0 Å². The van der Waals surface area contributed by atoms with Gasteiger partial charge in [0.2, 0.25) is 11.8 Å². The molecule has 236 valence electrons. The third-order valence-corrected chi connectivity index (χ3v) is 9.95. The molecule has 0 spiro atoms.